The molecule has 7 nitrogen and oxygen atoms in total. The molecule has 0 heterocycles. The van der Waals surface area contributed by atoms with Gasteiger partial charge in [-0.2, -0.15) is 0 Å². The Morgan fingerprint density at radius 1 is 0.962 bits per heavy atom. The number of methoxy groups -OCH3 is 2. The van der Waals surface area contributed by atoms with E-state index in [1.54, 1.807) is 24.3 Å². The zero-order chi connectivity index (χ0) is 19.1. The number of carbonyl (C=O) groups excluding carboxylic acids is 2. The molecule has 0 fully saturated rings. The van der Waals surface area contributed by atoms with Gasteiger partial charge in [0.05, 0.1) is 20.8 Å². The van der Waals surface area contributed by atoms with Gasteiger partial charge in [-0.3, -0.25) is 9.59 Å². The van der Waals surface area contributed by atoms with Crippen molar-refractivity contribution in [2.24, 2.45) is 0 Å². The van der Waals surface area contributed by atoms with Crippen molar-refractivity contribution in [1.82, 2.24) is 0 Å². The largest absolute Gasteiger partial charge is 0.493 e. The summed E-state index contributed by atoms with van der Waals surface area (Å²) in [6, 6.07) is 11.2. The lowest BCUT2D eigenvalue weighted by Crippen LogP contribution is -2.31. The van der Waals surface area contributed by atoms with Crippen molar-refractivity contribution in [2.75, 3.05) is 20.8 Å². The average Bonchev–Trinajstić information content (AvgIpc) is 2.65. The monoisotopic (exact) mass is 360 g/mol. The fourth-order valence-electron chi connectivity index (χ4n) is 2.29. The second-order valence-electron chi connectivity index (χ2n) is 5.26. The van der Waals surface area contributed by atoms with E-state index in [9.17, 15) is 14.7 Å². The van der Waals surface area contributed by atoms with Crippen LogP contribution in [0.3, 0.4) is 0 Å². The second kappa shape index (κ2) is 8.87. The number of rotatable bonds is 8. The van der Waals surface area contributed by atoms with E-state index in [-0.39, 0.29) is 17.1 Å². The minimum Gasteiger partial charge on any atom is -0.493 e. The van der Waals surface area contributed by atoms with Gasteiger partial charge in [-0.05, 0) is 30.3 Å². The van der Waals surface area contributed by atoms with E-state index < -0.39 is 24.5 Å². The Kier molecular flexibility index (Phi) is 6.57. The van der Waals surface area contributed by atoms with Crippen LogP contribution in [-0.4, -0.2) is 43.8 Å². The highest BCUT2D eigenvalue weighted by Crippen LogP contribution is 2.30. The molecule has 0 aliphatic heterocycles. The molecule has 0 aliphatic rings. The predicted molar refractivity (Wildman–Crippen MR) is 93.1 cm³/mol. The molecule has 2 rings (SSSR count). The lowest BCUT2D eigenvalue weighted by molar-refractivity contribution is -0.132. The molecule has 26 heavy (non-hydrogen) atoms. The summed E-state index contributed by atoms with van der Waals surface area (Å²) in [6.07, 6.45) is -1.13. The summed E-state index contributed by atoms with van der Waals surface area (Å²) >= 11 is 0. The minimum atomic E-state index is -1.13. The highest BCUT2D eigenvalue weighted by Gasteiger charge is 2.24. The van der Waals surface area contributed by atoms with Gasteiger partial charge >= 0.3 is 5.97 Å². The third-order valence-corrected chi connectivity index (χ3v) is 3.50. The van der Waals surface area contributed by atoms with E-state index >= 15 is 0 Å². The van der Waals surface area contributed by atoms with Crippen LogP contribution in [-0.2, 0) is 4.79 Å². The van der Waals surface area contributed by atoms with Crippen LogP contribution >= 0.6 is 0 Å². The highest BCUT2D eigenvalue weighted by atomic mass is 16.6. The Morgan fingerprint density at radius 3 is 2.19 bits per heavy atom. The molecule has 0 amide bonds. The first kappa shape index (κ1) is 19.3. The molecule has 0 spiro atoms. The molecule has 0 bridgehead atoms. The lowest BCUT2D eigenvalue weighted by Gasteiger charge is -2.18. The van der Waals surface area contributed by atoms with E-state index in [2.05, 4.69) is 0 Å². The zero-order valence-corrected chi connectivity index (χ0v) is 14.7. The maximum atomic E-state index is 12.7. The van der Waals surface area contributed by atoms with Crippen molar-refractivity contribution in [1.29, 1.82) is 0 Å². The number of ether oxygens (including phenoxy) is 4. The van der Waals surface area contributed by atoms with Gasteiger partial charge in [0.15, 0.2) is 29.1 Å². The Morgan fingerprint density at radius 2 is 1.62 bits per heavy atom. The van der Waals surface area contributed by atoms with Crippen LogP contribution in [0.5, 0.6) is 23.0 Å². The van der Waals surface area contributed by atoms with Gasteiger partial charge in [-0.1, -0.05) is 12.1 Å². The first-order valence-electron chi connectivity index (χ1n) is 7.81. The Bertz CT molecular complexity index is 785. The van der Waals surface area contributed by atoms with Crippen LogP contribution in [0.2, 0.25) is 0 Å². The van der Waals surface area contributed by atoms with E-state index in [1.807, 2.05) is 0 Å². The topological polar surface area (TPSA) is 91.3 Å². The number of aliphatic hydroxyl groups is 1. The molecule has 0 saturated carbocycles. The fraction of sp³-hybridized carbons (Fsp3) is 0.263. The Labute approximate surface area is 151 Å². The van der Waals surface area contributed by atoms with Crippen molar-refractivity contribution in [3.8, 4) is 23.0 Å². The van der Waals surface area contributed by atoms with E-state index in [1.165, 1.54) is 39.3 Å². The lowest BCUT2D eigenvalue weighted by atomic mass is 10.1. The molecular weight excluding hydrogens is 340 g/mol. The normalized spacial score (nSPS) is 11.4. The highest BCUT2D eigenvalue weighted by molar-refractivity contribution is 6.00. The summed E-state index contributed by atoms with van der Waals surface area (Å²) in [4.78, 5) is 23.8. The molecule has 2 aromatic rings. The molecular formula is C19H20O7. The van der Waals surface area contributed by atoms with E-state index in [0.717, 1.165) is 0 Å². The molecule has 0 aromatic heterocycles. The summed E-state index contributed by atoms with van der Waals surface area (Å²) in [7, 11) is 2.88. The number of aliphatic hydroxyl groups excluding tert-OH is 1. The Balaban J connectivity index is 2.26. The summed E-state index contributed by atoms with van der Waals surface area (Å²) < 4.78 is 21.0. The molecule has 2 aromatic carbocycles. The molecule has 0 radical (unpaired) electrons. The van der Waals surface area contributed by atoms with Gasteiger partial charge in [0.25, 0.3) is 0 Å². The van der Waals surface area contributed by atoms with Crippen molar-refractivity contribution in [3.05, 3.63) is 48.0 Å². The summed E-state index contributed by atoms with van der Waals surface area (Å²) in [5, 5.41) is 9.60. The number of hydrogen-bond donors (Lipinski definition) is 1. The van der Waals surface area contributed by atoms with Crippen LogP contribution < -0.4 is 18.9 Å². The number of hydrogen-bond acceptors (Lipinski definition) is 7. The van der Waals surface area contributed by atoms with E-state index in [0.29, 0.717) is 11.5 Å². The maximum absolute atomic E-state index is 12.7. The summed E-state index contributed by atoms with van der Waals surface area (Å²) in [5.41, 5.74) is 0.242. The van der Waals surface area contributed by atoms with Crippen molar-refractivity contribution in [2.45, 2.75) is 13.0 Å². The van der Waals surface area contributed by atoms with Gasteiger partial charge in [0, 0.05) is 12.5 Å². The smallest absolute Gasteiger partial charge is 0.308 e. The third-order valence-electron chi connectivity index (χ3n) is 3.50. The molecule has 1 N–H and O–H groups in total. The van der Waals surface area contributed by atoms with Gasteiger partial charge in [-0.15, -0.1) is 0 Å². The number of Topliss-reactive ketones (excluding diaryl/α,β-unsaturated/α-hetero) is 1. The van der Waals surface area contributed by atoms with Crippen LogP contribution in [0, 0.1) is 0 Å². The molecule has 1 atom stereocenters. The van der Waals surface area contributed by atoms with Crippen LogP contribution in [0.15, 0.2) is 42.5 Å². The van der Waals surface area contributed by atoms with Gasteiger partial charge in [-0.25, -0.2) is 0 Å². The standard InChI is InChI=1S/C19H20O7/c1-12(21)25-16-9-8-13(10-17(16)24-3)19(22)18(11-20)26-15-7-5-4-6-14(15)23-2/h4-10,18,20H,11H2,1-3H3. The van der Waals surface area contributed by atoms with Crippen LogP contribution in [0.25, 0.3) is 0 Å². The van der Waals surface area contributed by atoms with Crippen molar-refractivity contribution >= 4 is 11.8 Å². The molecule has 1 unspecified atom stereocenters. The number of esters is 1. The van der Waals surface area contributed by atoms with Gasteiger partial charge < -0.3 is 24.1 Å². The summed E-state index contributed by atoms with van der Waals surface area (Å²) in [5.74, 6) is 0.247. The minimum absolute atomic E-state index is 0.197. The van der Waals surface area contributed by atoms with Crippen molar-refractivity contribution < 1.29 is 33.6 Å². The molecule has 138 valence electrons. The number of para-hydroxylation sites is 2. The van der Waals surface area contributed by atoms with Crippen LogP contribution in [0.1, 0.15) is 17.3 Å². The van der Waals surface area contributed by atoms with Crippen molar-refractivity contribution in [3.63, 3.8) is 0 Å². The molecule has 0 saturated heterocycles. The van der Waals surface area contributed by atoms with Gasteiger partial charge in [0.1, 0.15) is 0 Å². The molecule has 0 aliphatic carbocycles. The predicted octanol–water partition coefficient (Wildman–Crippen LogP) is 2.25. The number of ketones is 1. The van der Waals surface area contributed by atoms with E-state index in [4.69, 9.17) is 18.9 Å². The van der Waals surface area contributed by atoms with Gasteiger partial charge in [0.2, 0.25) is 5.78 Å². The second-order valence-corrected chi connectivity index (χ2v) is 5.26. The SMILES string of the molecule is COc1cc(C(=O)C(CO)Oc2ccccc2OC)ccc1OC(C)=O. The quantitative estimate of drug-likeness (QED) is 0.438. The first-order valence-corrected chi connectivity index (χ1v) is 7.81. The first-order chi connectivity index (χ1) is 12.5. The average molecular weight is 360 g/mol. The summed E-state index contributed by atoms with van der Waals surface area (Å²) in [6.45, 7) is 0.742. The molecule has 7 heteroatoms. The third kappa shape index (κ3) is 4.52. The number of benzene rings is 2. The maximum Gasteiger partial charge on any atom is 0.308 e. The van der Waals surface area contributed by atoms with Crippen LogP contribution in [0.4, 0.5) is 0 Å². The zero-order valence-electron chi connectivity index (χ0n) is 14.7. The Hall–Kier alpha value is -3.06. The number of carbonyl (C=O) groups is 2. The fourth-order valence-corrected chi connectivity index (χ4v) is 2.29.